The molecule has 2 aromatic carbocycles. The molecule has 0 saturated carbocycles. The molecule has 0 heterocycles. The lowest BCUT2D eigenvalue weighted by atomic mass is 10.0. The van der Waals surface area contributed by atoms with Crippen molar-refractivity contribution in [1.29, 1.82) is 0 Å². The molecule has 2 nitrogen and oxygen atoms in total. The molecule has 2 rings (SSSR count). The predicted octanol–water partition coefficient (Wildman–Crippen LogP) is 4.12. The van der Waals surface area contributed by atoms with Crippen molar-refractivity contribution < 1.29 is 4.79 Å². The summed E-state index contributed by atoms with van der Waals surface area (Å²) in [5.41, 5.74) is 3.51. The van der Waals surface area contributed by atoms with Crippen LogP contribution in [0.2, 0.25) is 0 Å². The summed E-state index contributed by atoms with van der Waals surface area (Å²) in [6.45, 7) is 3.52. The Morgan fingerprint density at radius 2 is 1.37 bits per heavy atom. The molecule has 0 aliphatic rings. The lowest BCUT2D eigenvalue weighted by Crippen LogP contribution is -2.05. The molecule has 0 aliphatic heterocycles. The van der Waals surface area contributed by atoms with Crippen molar-refractivity contribution in [2.45, 2.75) is 13.8 Å². The van der Waals surface area contributed by atoms with Gasteiger partial charge in [0.05, 0.1) is 0 Å². The fourth-order valence-electron chi connectivity index (χ4n) is 2.09. The molecule has 0 amide bonds. The Hall–Kier alpha value is -2.35. The number of Topliss-reactive ketones (excluding diaryl/α,β-unsaturated/α-hetero) is 1. The van der Waals surface area contributed by atoms with Gasteiger partial charge in [-0.25, -0.2) is 0 Å². The molecule has 0 unspecified atom stereocenters. The first-order valence-corrected chi connectivity index (χ1v) is 6.28. The van der Waals surface area contributed by atoms with E-state index in [1.807, 2.05) is 67.6 Å². The van der Waals surface area contributed by atoms with E-state index in [4.69, 9.17) is 0 Å². The second-order valence-electron chi connectivity index (χ2n) is 4.41. The summed E-state index contributed by atoms with van der Waals surface area (Å²) in [4.78, 5) is 11.9. The van der Waals surface area contributed by atoms with E-state index < -0.39 is 0 Å². The van der Waals surface area contributed by atoms with Crippen LogP contribution >= 0.6 is 0 Å². The molecule has 1 N–H and O–H groups in total. The second-order valence-corrected chi connectivity index (χ2v) is 4.41. The summed E-state index contributed by atoms with van der Waals surface area (Å²) < 4.78 is 0. The van der Waals surface area contributed by atoms with E-state index >= 15 is 0 Å². The molecule has 0 atom stereocenters. The van der Waals surface area contributed by atoms with E-state index in [1.54, 1.807) is 6.92 Å². The number of benzene rings is 2. The van der Waals surface area contributed by atoms with E-state index in [1.165, 1.54) is 0 Å². The van der Waals surface area contributed by atoms with Crippen LogP contribution in [0.3, 0.4) is 0 Å². The lowest BCUT2D eigenvalue weighted by Gasteiger charge is -2.12. The van der Waals surface area contributed by atoms with Gasteiger partial charge in [0.1, 0.15) is 0 Å². The number of allylic oxidation sites excluding steroid dienone is 2. The van der Waals surface area contributed by atoms with E-state index in [0.29, 0.717) is 0 Å². The summed E-state index contributed by atoms with van der Waals surface area (Å²) in [6, 6.07) is 19.6. The largest absolute Gasteiger partial charge is 0.359 e. The molecule has 0 saturated heterocycles. The van der Waals surface area contributed by atoms with Crippen molar-refractivity contribution in [3.05, 3.63) is 71.9 Å². The average molecular weight is 251 g/mol. The van der Waals surface area contributed by atoms with Crippen molar-refractivity contribution in [2.75, 3.05) is 5.32 Å². The van der Waals surface area contributed by atoms with Crippen molar-refractivity contribution >= 4 is 17.0 Å². The van der Waals surface area contributed by atoms with Gasteiger partial charge in [0.2, 0.25) is 0 Å². The Balaban J connectivity index is 2.37. The molecule has 96 valence electrons. The quantitative estimate of drug-likeness (QED) is 0.828. The average Bonchev–Trinajstić information content (AvgIpc) is 2.40. The molecular weight excluding hydrogens is 234 g/mol. The Kier molecular flexibility index (Phi) is 4.14. The van der Waals surface area contributed by atoms with Crippen molar-refractivity contribution in [1.82, 2.24) is 0 Å². The van der Waals surface area contributed by atoms with E-state index in [2.05, 4.69) is 5.32 Å². The van der Waals surface area contributed by atoms with Gasteiger partial charge in [0.15, 0.2) is 5.78 Å². The van der Waals surface area contributed by atoms with E-state index in [-0.39, 0.29) is 5.78 Å². The highest BCUT2D eigenvalue weighted by Crippen LogP contribution is 2.21. The van der Waals surface area contributed by atoms with Gasteiger partial charge in [0.25, 0.3) is 0 Å². The van der Waals surface area contributed by atoms with Gasteiger partial charge >= 0.3 is 0 Å². The number of rotatable bonds is 4. The van der Waals surface area contributed by atoms with Gasteiger partial charge in [0, 0.05) is 17.0 Å². The highest BCUT2D eigenvalue weighted by molar-refractivity contribution is 6.20. The number of nitrogens with one attached hydrogen (secondary N) is 1. The van der Waals surface area contributed by atoms with Gasteiger partial charge < -0.3 is 5.32 Å². The summed E-state index contributed by atoms with van der Waals surface area (Å²) in [5, 5.41) is 3.28. The summed E-state index contributed by atoms with van der Waals surface area (Å²) in [7, 11) is 0. The third-order valence-corrected chi connectivity index (χ3v) is 2.90. The van der Waals surface area contributed by atoms with Gasteiger partial charge in [-0.05, 0) is 31.5 Å². The van der Waals surface area contributed by atoms with Crippen LogP contribution < -0.4 is 5.32 Å². The fraction of sp³-hybridized carbons (Fsp3) is 0.118. The Bertz CT molecular complexity index is 585. The first kappa shape index (κ1) is 13.1. The maximum atomic E-state index is 11.9. The molecular formula is C17H17NO. The van der Waals surface area contributed by atoms with Crippen LogP contribution in [-0.4, -0.2) is 5.78 Å². The fourth-order valence-corrected chi connectivity index (χ4v) is 2.09. The standard InChI is InChI=1S/C17H17NO/c1-13(18-16-11-7-4-8-12-16)17(14(2)19)15-9-5-3-6-10-15/h3-12,18H,1-2H3/b17-13+. The monoisotopic (exact) mass is 251 g/mol. The predicted molar refractivity (Wildman–Crippen MR) is 79.8 cm³/mol. The summed E-state index contributed by atoms with van der Waals surface area (Å²) in [5.74, 6) is 0.0622. The van der Waals surface area contributed by atoms with Gasteiger partial charge in [-0.1, -0.05) is 48.5 Å². The summed E-state index contributed by atoms with van der Waals surface area (Å²) >= 11 is 0. The number of hydrogen-bond donors (Lipinski definition) is 1. The Morgan fingerprint density at radius 1 is 0.842 bits per heavy atom. The minimum absolute atomic E-state index is 0.0622. The van der Waals surface area contributed by atoms with Crippen LogP contribution in [0, 0.1) is 0 Å². The molecule has 0 aromatic heterocycles. The molecule has 2 heteroatoms. The summed E-state index contributed by atoms with van der Waals surface area (Å²) in [6.07, 6.45) is 0. The Labute approximate surface area is 113 Å². The van der Waals surface area contributed by atoms with Crippen molar-refractivity contribution in [2.24, 2.45) is 0 Å². The molecule has 0 spiro atoms. The molecule has 0 aliphatic carbocycles. The number of para-hydroxylation sites is 1. The minimum atomic E-state index is 0.0622. The molecule has 0 bridgehead atoms. The lowest BCUT2D eigenvalue weighted by molar-refractivity contribution is -0.111. The molecule has 0 fully saturated rings. The zero-order valence-electron chi connectivity index (χ0n) is 11.2. The van der Waals surface area contributed by atoms with Crippen molar-refractivity contribution in [3.8, 4) is 0 Å². The number of carbonyl (C=O) groups is 1. The third kappa shape index (κ3) is 3.32. The molecule has 0 radical (unpaired) electrons. The maximum absolute atomic E-state index is 11.9. The highest BCUT2D eigenvalue weighted by atomic mass is 16.1. The number of anilines is 1. The van der Waals surface area contributed by atoms with Crippen molar-refractivity contribution in [3.63, 3.8) is 0 Å². The highest BCUT2D eigenvalue weighted by Gasteiger charge is 2.10. The number of hydrogen-bond acceptors (Lipinski definition) is 2. The van der Waals surface area contributed by atoms with Gasteiger partial charge in [-0.3, -0.25) is 4.79 Å². The normalized spacial score (nSPS) is 11.7. The van der Waals surface area contributed by atoms with Crippen LogP contribution in [0.4, 0.5) is 5.69 Å². The number of ketones is 1. The van der Waals surface area contributed by atoms with Crippen LogP contribution in [0.25, 0.3) is 5.57 Å². The SMILES string of the molecule is CC(=O)/C(=C(/C)Nc1ccccc1)c1ccccc1. The molecule has 2 aromatic rings. The van der Waals surface area contributed by atoms with E-state index in [9.17, 15) is 4.79 Å². The first-order chi connectivity index (χ1) is 9.18. The van der Waals surface area contributed by atoms with E-state index in [0.717, 1.165) is 22.5 Å². The van der Waals surface area contributed by atoms with Crippen LogP contribution in [0.5, 0.6) is 0 Å². The van der Waals surface area contributed by atoms with Crippen LogP contribution in [-0.2, 0) is 4.79 Å². The first-order valence-electron chi connectivity index (χ1n) is 6.28. The topological polar surface area (TPSA) is 29.1 Å². The van der Waals surface area contributed by atoms with Crippen LogP contribution in [0.15, 0.2) is 66.4 Å². The maximum Gasteiger partial charge on any atom is 0.162 e. The van der Waals surface area contributed by atoms with Gasteiger partial charge in [-0.2, -0.15) is 0 Å². The van der Waals surface area contributed by atoms with Crippen LogP contribution in [0.1, 0.15) is 19.4 Å². The Morgan fingerprint density at radius 3 is 1.89 bits per heavy atom. The van der Waals surface area contributed by atoms with Gasteiger partial charge in [-0.15, -0.1) is 0 Å². The number of carbonyl (C=O) groups excluding carboxylic acids is 1. The zero-order valence-corrected chi connectivity index (χ0v) is 11.2. The zero-order chi connectivity index (χ0) is 13.7. The third-order valence-electron chi connectivity index (χ3n) is 2.90. The molecule has 19 heavy (non-hydrogen) atoms. The second kappa shape index (κ2) is 6.01. The smallest absolute Gasteiger partial charge is 0.162 e. The minimum Gasteiger partial charge on any atom is -0.359 e.